The van der Waals surface area contributed by atoms with Crippen LogP contribution in [0.25, 0.3) is 0 Å². The van der Waals surface area contributed by atoms with Gasteiger partial charge >= 0.3 is 19.8 Å². The molecule has 376 valence electrons. The molecule has 0 aromatic rings. The molecule has 0 radical (unpaired) electrons. The van der Waals surface area contributed by atoms with Gasteiger partial charge in [-0.1, -0.05) is 189 Å². The quantitative estimate of drug-likeness (QED) is 0.0211. The molecular weight excluding hydrogens is 834 g/mol. The second-order valence-corrected chi connectivity index (χ2v) is 20.0. The van der Waals surface area contributed by atoms with Crippen molar-refractivity contribution in [2.45, 2.75) is 219 Å². The molecule has 0 aromatic heterocycles. The van der Waals surface area contributed by atoms with E-state index in [-0.39, 0.29) is 32.0 Å². The second-order valence-electron chi connectivity index (χ2n) is 18.5. The molecule has 65 heavy (non-hydrogen) atoms. The molecule has 0 aliphatic heterocycles. The zero-order chi connectivity index (χ0) is 47.8. The van der Waals surface area contributed by atoms with Crippen LogP contribution in [0, 0.1) is 0 Å². The molecule has 0 saturated heterocycles. The van der Waals surface area contributed by atoms with Crippen molar-refractivity contribution in [1.29, 1.82) is 0 Å². The molecule has 0 heterocycles. The normalized spacial score (nSPS) is 14.0. The topological polar surface area (TPSA) is 108 Å². The summed E-state index contributed by atoms with van der Waals surface area (Å²) >= 11 is 0. The lowest BCUT2D eigenvalue weighted by Crippen LogP contribution is -2.37. The molecule has 2 atom stereocenters. The average Bonchev–Trinajstić information content (AvgIpc) is 3.26. The SMILES string of the molecule is CC/C=C\C/C=C\C/C=C\C/C=C\C/C=C\CCCCCCCCCCCCCC(=O)OC(COC(=O)CCCCCCC/C=C\CCCCCCC)COP(=O)(O)OCC[N+](C)(C)C. The van der Waals surface area contributed by atoms with E-state index in [1.807, 2.05) is 21.1 Å². The van der Waals surface area contributed by atoms with Crippen LogP contribution in [0.5, 0.6) is 0 Å². The van der Waals surface area contributed by atoms with E-state index in [4.69, 9.17) is 18.5 Å². The van der Waals surface area contributed by atoms with Gasteiger partial charge < -0.3 is 18.9 Å². The molecule has 0 bridgehead atoms. The first kappa shape index (κ1) is 62.4. The molecule has 10 heteroatoms. The van der Waals surface area contributed by atoms with Gasteiger partial charge in [-0.25, -0.2) is 4.57 Å². The summed E-state index contributed by atoms with van der Waals surface area (Å²) in [6.45, 7) is 4.29. The number of nitrogens with zero attached hydrogens (tertiary/aromatic N) is 1. The molecule has 0 spiro atoms. The van der Waals surface area contributed by atoms with Gasteiger partial charge in [0.05, 0.1) is 27.7 Å². The number of esters is 2. The molecule has 2 unspecified atom stereocenters. The van der Waals surface area contributed by atoms with Crippen LogP contribution in [0.1, 0.15) is 213 Å². The number of rotatable bonds is 47. The largest absolute Gasteiger partial charge is 0.472 e. The fraction of sp³-hybridized carbons (Fsp3) is 0.745. The molecule has 0 aromatic carbocycles. The Morgan fingerprint density at radius 1 is 0.492 bits per heavy atom. The third-order valence-electron chi connectivity index (χ3n) is 11.0. The lowest BCUT2D eigenvalue weighted by molar-refractivity contribution is -0.870. The summed E-state index contributed by atoms with van der Waals surface area (Å²) in [5, 5.41) is 0. The van der Waals surface area contributed by atoms with Crippen molar-refractivity contribution in [3.63, 3.8) is 0 Å². The Morgan fingerprint density at radius 2 is 0.877 bits per heavy atom. The minimum atomic E-state index is -4.39. The lowest BCUT2D eigenvalue weighted by Gasteiger charge is -2.24. The van der Waals surface area contributed by atoms with E-state index in [0.717, 1.165) is 96.3 Å². The summed E-state index contributed by atoms with van der Waals surface area (Å²) in [5.41, 5.74) is 0. The Bertz CT molecular complexity index is 1330. The van der Waals surface area contributed by atoms with Crippen molar-refractivity contribution in [1.82, 2.24) is 0 Å². The Labute approximate surface area is 399 Å². The molecule has 0 saturated carbocycles. The maximum Gasteiger partial charge on any atom is 0.472 e. The van der Waals surface area contributed by atoms with Crippen molar-refractivity contribution >= 4 is 19.8 Å². The molecule has 0 aliphatic carbocycles. The molecule has 0 amide bonds. The third kappa shape index (κ3) is 50.7. The Morgan fingerprint density at radius 3 is 1.32 bits per heavy atom. The van der Waals surface area contributed by atoms with E-state index < -0.39 is 26.5 Å². The number of phosphoric acid groups is 1. The van der Waals surface area contributed by atoms with Gasteiger partial charge in [0.15, 0.2) is 6.10 Å². The number of phosphoric ester groups is 1. The predicted molar refractivity (Wildman–Crippen MR) is 275 cm³/mol. The first-order valence-electron chi connectivity index (χ1n) is 26.2. The van der Waals surface area contributed by atoms with Crippen LogP contribution >= 0.6 is 7.82 Å². The number of carbonyl (C=O) groups excluding carboxylic acids is 2. The number of allylic oxidation sites excluding steroid dienone is 12. The molecular formula is C55H99NO8P+. The van der Waals surface area contributed by atoms with Gasteiger partial charge in [0.25, 0.3) is 0 Å². The maximum absolute atomic E-state index is 12.8. The van der Waals surface area contributed by atoms with E-state index in [1.54, 1.807) is 0 Å². The first-order chi connectivity index (χ1) is 31.5. The van der Waals surface area contributed by atoms with E-state index >= 15 is 0 Å². The highest BCUT2D eigenvalue weighted by atomic mass is 31.2. The van der Waals surface area contributed by atoms with E-state index in [1.165, 1.54) is 83.5 Å². The lowest BCUT2D eigenvalue weighted by atomic mass is 10.0. The van der Waals surface area contributed by atoms with Crippen molar-refractivity contribution in [3.8, 4) is 0 Å². The van der Waals surface area contributed by atoms with Gasteiger partial charge in [0.2, 0.25) is 0 Å². The van der Waals surface area contributed by atoms with E-state index in [0.29, 0.717) is 17.4 Å². The van der Waals surface area contributed by atoms with Crippen LogP contribution in [-0.2, 0) is 32.7 Å². The molecule has 1 N–H and O–H groups in total. The predicted octanol–water partition coefficient (Wildman–Crippen LogP) is 15.8. The Hall–Kier alpha value is -2.55. The Balaban J connectivity index is 4.20. The summed E-state index contributed by atoms with van der Waals surface area (Å²) in [4.78, 5) is 35.5. The van der Waals surface area contributed by atoms with Crippen LogP contribution in [0.3, 0.4) is 0 Å². The van der Waals surface area contributed by atoms with Gasteiger partial charge in [0.1, 0.15) is 19.8 Å². The van der Waals surface area contributed by atoms with Crippen LogP contribution in [-0.4, -0.2) is 74.9 Å². The first-order valence-corrected chi connectivity index (χ1v) is 27.7. The zero-order valence-corrected chi connectivity index (χ0v) is 43.3. The fourth-order valence-electron chi connectivity index (χ4n) is 6.92. The summed E-state index contributed by atoms with van der Waals surface area (Å²) in [5.74, 6) is -0.812. The standard InChI is InChI=1S/C55H98NO8P/c1-6-8-10-12-14-16-18-20-22-23-24-25-26-27-28-29-30-31-32-33-34-36-38-40-42-44-46-48-55(58)64-53(52-63-65(59,60)62-50-49-56(3,4)5)51-61-54(57)47-45-43-41-39-37-35-21-19-17-15-13-11-9-7-2/h8,10,14,16,19-22,24-25,27-28,53H,6-7,9,11-13,15,17-18,23,26,29-52H2,1-5H3/p+1/b10-8-,16-14-,21-19-,22-20-,25-24-,28-27-. The summed E-state index contributed by atoms with van der Waals surface area (Å²) < 4.78 is 34.4. The highest BCUT2D eigenvalue weighted by Crippen LogP contribution is 2.43. The third-order valence-corrected chi connectivity index (χ3v) is 12.0. The fourth-order valence-corrected chi connectivity index (χ4v) is 7.66. The molecule has 9 nitrogen and oxygen atoms in total. The number of quaternary nitrogens is 1. The van der Waals surface area contributed by atoms with Gasteiger partial charge in [-0.15, -0.1) is 0 Å². The minimum Gasteiger partial charge on any atom is -0.462 e. The average molecular weight is 933 g/mol. The highest BCUT2D eigenvalue weighted by Gasteiger charge is 2.27. The molecule has 0 rings (SSSR count). The van der Waals surface area contributed by atoms with Crippen molar-refractivity contribution in [3.05, 3.63) is 72.9 Å². The highest BCUT2D eigenvalue weighted by molar-refractivity contribution is 7.47. The number of unbranched alkanes of at least 4 members (excludes halogenated alkanes) is 21. The molecule has 0 fully saturated rings. The number of likely N-dealkylation sites (N-methyl/N-ethyl adjacent to an activating group) is 1. The van der Waals surface area contributed by atoms with Crippen LogP contribution in [0.2, 0.25) is 0 Å². The zero-order valence-electron chi connectivity index (χ0n) is 42.5. The van der Waals surface area contributed by atoms with Gasteiger partial charge in [-0.2, -0.15) is 0 Å². The summed E-state index contributed by atoms with van der Waals surface area (Å²) in [6.07, 6.45) is 59.6. The van der Waals surface area contributed by atoms with Gasteiger partial charge in [-0.05, 0) is 83.5 Å². The number of carbonyl (C=O) groups is 2. The van der Waals surface area contributed by atoms with Gasteiger partial charge in [0, 0.05) is 12.8 Å². The van der Waals surface area contributed by atoms with Crippen molar-refractivity contribution in [2.75, 3.05) is 47.5 Å². The second kappa shape index (κ2) is 46.6. The number of ether oxygens (including phenoxy) is 2. The van der Waals surface area contributed by atoms with Crippen LogP contribution in [0.15, 0.2) is 72.9 Å². The monoisotopic (exact) mass is 933 g/mol. The molecule has 0 aliphatic rings. The van der Waals surface area contributed by atoms with Crippen molar-refractivity contribution in [2.24, 2.45) is 0 Å². The van der Waals surface area contributed by atoms with E-state index in [2.05, 4.69) is 86.8 Å². The van der Waals surface area contributed by atoms with Crippen LogP contribution in [0.4, 0.5) is 0 Å². The number of hydrogen-bond donors (Lipinski definition) is 1. The van der Waals surface area contributed by atoms with E-state index in [9.17, 15) is 19.0 Å². The smallest absolute Gasteiger partial charge is 0.462 e. The van der Waals surface area contributed by atoms with Gasteiger partial charge in [-0.3, -0.25) is 18.6 Å². The maximum atomic E-state index is 12.8. The summed E-state index contributed by atoms with van der Waals surface area (Å²) in [6, 6.07) is 0. The summed E-state index contributed by atoms with van der Waals surface area (Å²) in [7, 11) is 1.46. The van der Waals surface area contributed by atoms with Crippen molar-refractivity contribution < 1.29 is 42.1 Å². The number of hydrogen-bond acceptors (Lipinski definition) is 7. The Kier molecular flexibility index (Phi) is 44.7. The van der Waals surface area contributed by atoms with Crippen LogP contribution < -0.4 is 0 Å². The minimum absolute atomic E-state index is 0.0274.